The fraction of sp³-hybridized carbons (Fsp3) is 0.368. The Labute approximate surface area is 179 Å². The van der Waals surface area contributed by atoms with Crippen molar-refractivity contribution in [3.63, 3.8) is 0 Å². The highest BCUT2D eigenvalue weighted by Gasteiger charge is 2.45. The van der Waals surface area contributed by atoms with E-state index in [2.05, 4.69) is 0 Å². The van der Waals surface area contributed by atoms with Crippen molar-refractivity contribution in [2.75, 3.05) is 6.61 Å². The maximum atomic E-state index is 12.4. The SMILES string of the molecule is O=C(CC(=O)c1cc(Cl)c(O[C@@H]2O[C@H](CO)[C@@H](O)[C@H](O)[C@H]2O)cc1O)c1cccs1. The Morgan fingerprint density at radius 1 is 1.13 bits per heavy atom. The summed E-state index contributed by atoms with van der Waals surface area (Å²) in [7, 11) is 0. The van der Waals surface area contributed by atoms with Gasteiger partial charge in [-0.15, -0.1) is 11.3 Å². The topological polar surface area (TPSA) is 154 Å². The molecule has 30 heavy (non-hydrogen) atoms. The van der Waals surface area contributed by atoms with E-state index in [4.69, 9.17) is 21.1 Å². The Morgan fingerprint density at radius 3 is 2.50 bits per heavy atom. The van der Waals surface area contributed by atoms with Crippen LogP contribution >= 0.6 is 22.9 Å². The van der Waals surface area contributed by atoms with Crippen LogP contribution in [0.2, 0.25) is 5.02 Å². The average Bonchev–Trinajstić information content (AvgIpc) is 3.25. The monoisotopic (exact) mass is 458 g/mol. The molecular formula is C19H19ClO9S. The zero-order chi connectivity index (χ0) is 22.0. The van der Waals surface area contributed by atoms with Crippen molar-refractivity contribution in [3.05, 3.63) is 45.1 Å². The quantitative estimate of drug-likeness (QED) is 0.298. The second kappa shape index (κ2) is 9.40. The number of rotatable bonds is 7. The van der Waals surface area contributed by atoms with Crippen molar-refractivity contribution >= 4 is 34.5 Å². The van der Waals surface area contributed by atoms with Crippen molar-refractivity contribution in [2.45, 2.75) is 37.1 Å². The highest BCUT2D eigenvalue weighted by atomic mass is 35.5. The summed E-state index contributed by atoms with van der Waals surface area (Å²) in [6.07, 6.45) is -8.06. The van der Waals surface area contributed by atoms with Crippen molar-refractivity contribution in [1.29, 1.82) is 0 Å². The fourth-order valence-electron chi connectivity index (χ4n) is 2.91. The Morgan fingerprint density at radius 2 is 1.87 bits per heavy atom. The molecule has 5 atom stereocenters. The number of benzene rings is 1. The van der Waals surface area contributed by atoms with Crippen LogP contribution < -0.4 is 4.74 Å². The summed E-state index contributed by atoms with van der Waals surface area (Å²) in [4.78, 5) is 24.9. The number of aliphatic hydroxyl groups is 4. The predicted octanol–water partition coefficient (Wildman–Crippen LogP) is 0.741. The minimum absolute atomic E-state index is 0.128. The molecule has 3 rings (SSSR count). The van der Waals surface area contributed by atoms with E-state index in [9.17, 15) is 35.1 Å². The molecule has 1 aromatic heterocycles. The molecule has 0 spiro atoms. The lowest BCUT2D eigenvalue weighted by molar-refractivity contribution is -0.277. The second-order valence-electron chi connectivity index (χ2n) is 6.62. The van der Waals surface area contributed by atoms with Crippen LogP contribution in [0.1, 0.15) is 26.5 Å². The first-order chi connectivity index (χ1) is 14.2. The molecule has 5 N–H and O–H groups in total. The molecule has 1 saturated heterocycles. The summed E-state index contributed by atoms with van der Waals surface area (Å²) in [5, 5.41) is 50.7. The number of hydrogen-bond acceptors (Lipinski definition) is 10. The number of halogens is 1. The molecule has 11 heteroatoms. The van der Waals surface area contributed by atoms with Crippen LogP contribution in [0.25, 0.3) is 0 Å². The van der Waals surface area contributed by atoms with Crippen molar-refractivity contribution in [2.24, 2.45) is 0 Å². The molecule has 0 amide bonds. The van der Waals surface area contributed by atoms with Gasteiger partial charge in [0.2, 0.25) is 6.29 Å². The molecule has 0 radical (unpaired) electrons. The van der Waals surface area contributed by atoms with E-state index in [0.29, 0.717) is 4.88 Å². The molecule has 2 heterocycles. The highest BCUT2D eigenvalue weighted by molar-refractivity contribution is 7.12. The molecule has 0 bridgehead atoms. The van der Waals surface area contributed by atoms with Gasteiger partial charge >= 0.3 is 0 Å². The molecule has 1 aromatic carbocycles. The van der Waals surface area contributed by atoms with Crippen molar-refractivity contribution in [3.8, 4) is 11.5 Å². The summed E-state index contributed by atoms with van der Waals surface area (Å²) in [6, 6.07) is 5.39. The van der Waals surface area contributed by atoms with Crippen molar-refractivity contribution < 1.29 is 44.6 Å². The van der Waals surface area contributed by atoms with Gasteiger partial charge in [0.05, 0.1) is 28.5 Å². The lowest BCUT2D eigenvalue weighted by Gasteiger charge is -2.39. The third kappa shape index (κ3) is 4.65. The molecule has 1 fully saturated rings. The number of phenols is 1. The van der Waals surface area contributed by atoms with Crippen LogP contribution in [0.4, 0.5) is 0 Å². The summed E-state index contributed by atoms with van der Waals surface area (Å²) in [5.74, 6) is -1.73. The number of phenolic OH excluding ortho intramolecular Hbond substituents is 1. The number of aromatic hydroxyl groups is 1. The normalized spacial score (nSPS) is 26.4. The van der Waals surface area contributed by atoms with Crippen LogP contribution in [0, 0.1) is 0 Å². The van der Waals surface area contributed by atoms with Crippen LogP contribution in [-0.2, 0) is 4.74 Å². The Kier molecular flexibility index (Phi) is 7.09. The van der Waals surface area contributed by atoms with Crippen molar-refractivity contribution in [1.82, 2.24) is 0 Å². The summed E-state index contributed by atoms with van der Waals surface area (Å²) in [5.41, 5.74) is -0.189. The molecule has 1 aliphatic heterocycles. The molecule has 0 unspecified atom stereocenters. The second-order valence-corrected chi connectivity index (χ2v) is 7.97. The van der Waals surface area contributed by atoms with Crippen LogP contribution in [-0.4, -0.2) is 74.4 Å². The Bertz CT molecular complexity index is 915. The number of hydrogen-bond donors (Lipinski definition) is 5. The summed E-state index contributed by atoms with van der Waals surface area (Å²) >= 11 is 7.31. The maximum Gasteiger partial charge on any atom is 0.229 e. The third-order valence-electron chi connectivity index (χ3n) is 4.56. The van der Waals surface area contributed by atoms with Gasteiger partial charge in [-0.2, -0.15) is 0 Å². The molecule has 162 valence electrons. The molecular weight excluding hydrogens is 440 g/mol. The van der Waals surface area contributed by atoms with E-state index in [0.717, 1.165) is 12.1 Å². The maximum absolute atomic E-state index is 12.4. The number of thiophene rings is 1. The van der Waals surface area contributed by atoms with E-state index < -0.39 is 61.0 Å². The first-order valence-electron chi connectivity index (χ1n) is 8.82. The van der Waals surface area contributed by atoms with Gasteiger partial charge in [0.15, 0.2) is 11.6 Å². The van der Waals surface area contributed by atoms with Gasteiger partial charge in [-0.1, -0.05) is 17.7 Å². The van der Waals surface area contributed by atoms with Gasteiger partial charge in [0, 0.05) is 6.07 Å². The molecule has 0 aliphatic carbocycles. The van der Waals surface area contributed by atoms with E-state index in [1.807, 2.05) is 0 Å². The number of carbonyl (C=O) groups excluding carboxylic acids is 2. The Balaban J connectivity index is 1.76. The van der Waals surface area contributed by atoms with Gasteiger partial charge in [-0.3, -0.25) is 9.59 Å². The standard InChI is InChI=1S/C19H19ClO9S/c20-9-4-8(10(22)5-12(24)15-2-1-3-30-15)11(23)6-13(9)28-19-18(27)17(26)16(25)14(7-21)29-19/h1-4,6,14,16-19,21,23,25-27H,5,7H2/t14-,16-,17+,18-,19-/m1/s1. The van der Waals surface area contributed by atoms with Gasteiger partial charge in [0.25, 0.3) is 0 Å². The van der Waals surface area contributed by atoms with Gasteiger partial charge in [-0.05, 0) is 17.5 Å². The van der Waals surface area contributed by atoms with Crippen LogP contribution in [0.5, 0.6) is 11.5 Å². The molecule has 1 aliphatic rings. The highest BCUT2D eigenvalue weighted by Crippen LogP contribution is 2.35. The molecule has 9 nitrogen and oxygen atoms in total. The Hall–Kier alpha value is -2.05. The predicted molar refractivity (Wildman–Crippen MR) is 105 cm³/mol. The number of ether oxygens (including phenoxy) is 2. The van der Waals surface area contributed by atoms with Crippen LogP contribution in [0.3, 0.4) is 0 Å². The molecule has 2 aromatic rings. The third-order valence-corrected chi connectivity index (χ3v) is 5.77. The number of Topliss-reactive ketones (excluding diaryl/α,β-unsaturated/α-hetero) is 2. The number of carbonyl (C=O) groups is 2. The largest absolute Gasteiger partial charge is 0.507 e. The first-order valence-corrected chi connectivity index (χ1v) is 10.1. The first kappa shape index (κ1) is 22.6. The molecule has 0 saturated carbocycles. The number of ketones is 2. The lowest BCUT2D eigenvalue weighted by Crippen LogP contribution is -2.60. The lowest BCUT2D eigenvalue weighted by atomic mass is 9.99. The summed E-state index contributed by atoms with van der Waals surface area (Å²) in [6.45, 7) is -0.643. The van der Waals surface area contributed by atoms with Gasteiger partial charge in [0.1, 0.15) is 35.9 Å². The minimum Gasteiger partial charge on any atom is -0.507 e. The van der Waals surface area contributed by atoms with Gasteiger partial charge < -0.3 is 35.0 Å². The number of aliphatic hydroxyl groups excluding tert-OH is 4. The van der Waals surface area contributed by atoms with E-state index in [-0.39, 0.29) is 16.3 Å². The average molecular weight is 459 g/mol. The van der Waals surface area contributed by atoms with Gasteiger partial charge in [-0.25, -0.2) is 0 Å². The van der Waals surface area contributed by atoms with E-state index in [1.54, 1.807) is 17.5 Å². The van der Waals surface area contributed by atoms with Crippen LogP contribution in [0.15, 0.2) is 29.6 Å². The summed E-state index contributed by atoms with van der Waals surface area (Å²) < 4.78 is 10.6. The zero-order valence-corrected chi connectivity index (χ0v) is 16.9. The zero-order valence-electron chi connectivity index (χ0n) is 15.3. The smallest absolute Gasteiger partial charge is 0.229 e. The van der Waals surface area contributed by atoms with E-state index in [1.165, 1.54) is 11.3 Å². The fourth-order valence-corrected chi connectivity index (χ4v) is 3.78. The van der Waals surface area contributed by atoms with E-state index >= 15 is 0 Å². The minimum atomic E-state index is -1.68.